The number of carbonyl (C=O) groups is 1. The van der Waals surface area contributed by atoms with Crippen molar-refractivity contribution in [3.05, 3.63) is 21.3 Å². The lowest BCUT2D eigenvalue weighted by Gasteiger charge is -2.40. The minimum absolute atomic E-state index is 0.0241. The van der Waals surface area contributed by atoms with Gasteiger partial charge in [-0.25, -0.2) is 4.79 Å². The predicted molar refractivity (Wildman–Crippen MR) is 115 cm³/mol. The van der Waals surface area contributed by atoms with Crippen molar-refractivity contribution in [3.8, 4) is 11.5 Å². The molecule has 1 aliphatic rings. The zero-order valence-corrected chi connectivity index (χ0v) is 20.0. The number of nitrogens with zero attached hydrogens (tertiary/aromatic N) is 2. The van der Waals surface area contributed by atoms with Crippen molar-refractivity contribution >= 4 is 28.7 Å². The standard InChI is InChI=1S/C20H28F3IN2O4/c1-13-10-25(6-7-26(13)18(27)30-19(2,3)4)11-14-8-15(24)17(16(9-14)28-5)29-12-20(21,22)23/h8-9,13H,6-7,10-12H2,1-5H3/t13-/m1/s1. The molecule has 1 saturated heterocycles. The van der Waals surface area contributed by atoms with Crippen molar-refractivity contribution < 1.29 is 32.2 Å². The third-order valence-electron chi connectivity index (χ3n) is 4.42. The molecular formula is C20H28F3IN2O4. The summed E-state index contributed by atoms with van der Waals surface area (Å²) in [4.78, 5) is 16.3. The fraction of sp³-hybridized carbons (Fsp3) is 0.650. The molecule has 1 heterocycles. The summed E-state index contributed by atoms with van der Waals surface area (Å²) < 4.78 is 53.7. The van der Waals surface area contributed by atoms with Gasteiger partial charge in [-0.1, -0.05) is 0 Å². The van der Waals surface area contributed by atoms with Gasteiger partial charge in [0.2, 0.25) is 0 Å². The predicted octanol–water partition coefficient (Wildman–Crippen LogP) is 4.68. The Hall–Kier alpha value is -1.43. The molecule has 0 spiro atoms. The maximum Gasteiger partial charge on any atom is 0.422 e. The van der Waals surface area contributed by atoms with Gasteiger partial charge < -0.3 is 19.1 Å². The number of methoxy groups -OCH3 is 1. The molecule has 10 heteroatoms. The van der Waals surface area contributed by atoms with E-state index in [1.807, 2.05) is 50.3 Å². The number of carbonyl (C=O) groups excluding carboxylic acids is 1. The molecule has 1 amide bonds. The Kier molecular flexibility index (Phi) is 8.11. The highest BCUT2D eigenvalue weighted by Crippen LogP contribution is 2.35. The van der Waals surface area contributed by atoms with Crippen LogP contribution in [0.4, 0.5) is 18.0 Å². The Morgan fingerprint density at radius 1 is 1.23 bits per heavy atom. The molecule has 1 aromatic carbocycles. The van der Waals surface area contributed by atoms with Crippen molar-refractivity contribution in [2.24, 2.45) is 0 Å². The third-order valence-corrected chi connectivity index (χ3v) is 5.22. The van der Waals surface area contributed by atoms with E-state index in [2.05, 4.69) is 4.90 Å². The average Bonchev–Trinajstić information content (AvgIpc) is 2.58. The number of ether oxygens (including phenoxy) is 3. The van der Waals surface area contributed by atoms with Crippen LogP contribution < -0.4 is 9.47 Å². The lowest BCUT2D eigenvalue weighted by molar-refractivity contribution is -0.153. The number of hydrogen-bond donors (Lipinski definition) is 0. The topological polar surface area (TPSA) is 51.2 Å². The number of piperazine rings is 1. The number of hydrogen-bond acceptors (Lipinski definition) is 5. The van der Waals surface area contributed by atoms with Crippen LogP contribution in [0, 0.1) is 3.57 Å². The van der Waals surface area contributed by atoms with Crippen LogP contribution in [-0.4, -0.2) is 67.1 Å². The molecule has 0 aromatic heterocycles. The van der Waals surface area contributed by atoms with Crippen LogP contribution in [0.25, 0.3) is 0 Å². The maximum absolute atomic E-state index is 12.5. The van der Waals surface area contributed by atoms with E-state index in [9.17, 15) is 18.0 Å². The smallest absolute Gasteiger partial charge is 0.422 e. The van der Waals surface area contributed by atoms with E-state index in [1.54, 1.807) is 17.0 Å². The van der Waals surface area contributed by atoms with Crippen LogP contribution in [0.5, 0.6) is 11.5 Å². The van der Waals surface area contributed by atoms with Gasteiger partial charge in [0, 0.05) is 32.2 Å². The monoisotopic (exact) mass is 544 g/mol. The highest BCUT2D eigenvalue weighted by molar-refractivity contribution is 14.1. The minimum Gasteiger partial charge on any atom is -0.493 e. The van der Waals surface area contributed by atoms with Gasteiger partial charge in [0.15, 0.2) is 18.1 Å². The SMILES string of the molecule is COc1cc(CN2CCN(C(=O)OC(C)(C)C)[C@H](C)C2)cc(I)c1OCC(F)(F)F. The number of rotatable bonds is 5. The quantitative estimate of drug-likeness (QED) is 0.504. The van der Waals surface area contributed by atoms with Crippen LogP contribution in [0.3, 0.4) is 0 Å². The van der Waals surface area contributed by atoms with E-state index in [-0.39, 0.29) is 23.6 Å². The van der Waals surface area contributed by atoms with Crippen molar-refractivity contribution in [2.75, 3.05) is 33.4 Å². The van der Waals surface area contributed by atoms with E-state index in [1.165, 1.54) is 7.11 Å². The zero-order valence-electron chi connectivity index (χ0n) is 17.8. The molecule has 0 N–H and O–H groups in total. The fourth-order valence-corrected chi connectivity index (χ4v) is 4.01. The third kappa shape index (κ3) is 7.36. The molecule has 30 heavy (non-hydrogen) atoms. The summed E-state index contributed by atoms with van der Waals surface area (Å²) in [6.45, 7) is 8.54. The van der Waals surface area contributed by atoms with Crippen LogP contribution in [0.15, 0.2) is 12.1 Å². The van der Waals surface area contributed by atoms with E-state index in [0.717, 1.165) is 5.56 Å². The lowest BCUT2D eigenvalue weighted by Crippen LogP contribution is -2.54. The number of benzene rings is 1. The summed E-state index contributed by atoms with van der Waals surface area (Å²) in [5, 5.41) is 0. The van der Waals surface area contributed by atoms with E-state index >= 15 is 0 Å². The summed E-state index contributed by atoms with van der Waals surface area (Å²) in [6, 6.07) is 3.46. The van der Waals surface area contributed by atoms with Crippen molar-refractivity contribution in [3.63, 3.8) is 0 Å². The van der Waals surface area contributed by atoms with Crippen LogP contribution in [0.1, 0.15) is 33.3 Å². The van der Waals surface area contributed by atoms with E-state index < -0.39 is 18.4 Å². The molecule has 6 nitrogen and oxygen atoms in total. The lowest BCUT2D eigenvalue weighted by atomic mass is 10.1. The Morgan fingerprint density at radius 2 is 1.90 bits per heavy atom. The summed E-state index contributed by atoms with van der Waals surface area (Å²) in [7, 11) is 1.40. The molecule has 1 aliphatic heterocycles. The zero-order chi connectivity index (χ0) is 22.7. The summed E-state index contributed by atoms with van der Waals surface area (Å²) in [5.74, 6) is 0.351. The molecule has 0 saturated carbocycles. The molecular weight excluding hydrogens is 516 g/mol. The number of amides is 1. The second kappa shape index (κ2) is 9.80. The van der Waals surface area contributed by atoms with Crippen LogP contribution in [0.2, 0.25) is 0 Å². The summed E-state index contributed by atoms with van der Waals surface area (Å²) >= 11 is 1.95. The molecule has 170 valence electrons. The average molecular weight is 544 g/mol. The first-order chi connectivity index (χ1) is 13.8. The Bertz CT molecular complexity index is 753. The van der Waals surface area contributed by atoms with Gasteiger partial charge in [0.1, 0.15) is 5.60 Å². The van der Waals surface area contributed by atoms with Gasteiger partial charge in [-0.05, 0) is 68.0 Å². The van der Waals surface area contributed by atoms with Gasteiger partial charge >= 0.3 is 12.3 Å². The van der Waals surface area contributed by atoms with Gasteiger partial charge in [0.05, 0.1) is 10.7 Å². The first-order valence-corrected chi connectivity index (χ1v) is 10.6. The van der Waals surface area contributed by atoms with Crippen LogP contribution in [-0.2, 0) is 11.3 Å². The normalized spacial score (nSPS) is 18.3. The van der Waals surface area contributed by atoms with E-state index in [0.29, 0.717) is 29.7 Å². The highest BCUT2D eigenvalue weighted by atomic mass is 127. The minimum atomic E-state index is -4.42. The van der Waals surface area contributed by atoms with Gasteiger partial charge in [-0.2, -0.15) is 13.2 Å². The number of alkyl halides is 3. The molecule has 0 unspecified atom stereocenters. The number of halogens is 4. The fourth-order valence-electron chi connectivity index (χ4n) is 3.19. The molecule has 0 aliphatic carbocycles. The van der Waals surface area contributed by atoms with Gasteiger partial charge in [-0.15, -0.1) is 0 Å². The van der Waals surface area contributed by atoms with Gasteiger partial charge in [0.25, 0.3) is 0 Å². The Morgan fingerprint density at radius 3 is 2.43 bits per heavy atom. The molecule has 1 atom stereocenters. The second-order valence-corrected chi connectivity index (χ2v) is 9.43. The largest absolute Gasteiger partial charge is 0.493 e. The Balaban J connectivity index is 2.03. The first kappa shape index (κ1) is 24.8. The summed E-state index contributed by atoms with van der Waals surface area (Å²) in [6.07, 6.45) is -4.74. The van der Waals surface area contributed by atoms with Crippen molar-refractivity contribution in [2.45, 2.75) is 52.1 Å². The van der Waals surface area contributed by atoms with Crippen molar-refractivity contribution in [1.82, 2.24) is 9.80 Å². The molecule has 0 radical (unpaired) electrons. The maximum atomic E-state index is 12.5. The highest BCUT2D eigenvalue weighted by Gasteiger charge is 2.32. The van der Waals surface area contributed by atoms with Crippen molar-refractivity contribution in [1.29, 1.82) is 0 Å². The molecule has 2 rings (SSSR count). The first-order valence-electron chi connectivity index (χ1n) is 9.57. The van der Waals surface area contributed by atoms with Gasteiger partial charge in [-0.3, -0.25) is 4.90 Å². The molecule has 1 fully saturated rings. The summed E-state index contributed by atoms with van der Waals surface area (Å²) in [5.41, 5.74) is 0.352. The molecule has 0 bridgehead atoms. The molecule has 1 aromatic rings. The Labute approximate surface area is 188 Å². The van der Waals surface area contributed by atoms with E-state index in [4.69, 9.17) is 14.2 Å². The second-order valence-electron chi connectivity index (χ2n) is 8.27. The van der Waals surface area contributed by atoms with Crippen LogP contribution >= 0.6 is 22.6 Å².